The number of aromatic nitrogens is 3. The Morgan fingerprint density at radius 2 is 2.06 bits per heavy atom. The number of nitrogens with one attached hydrogen (secondary N) is 2. The Hall–Kier alpha value is -1.94. The number of hydrogen-bond donors (Lipinski definition) is 3. The van der Waals surface area contributed by atoms with Crippen molar-refractivity contribution < 1.29 is 0 Å². The molecule has 0 unspecified atom stereocenters. The molecule has 0 amide bonds. The van der Waals surface area contributed by atoms with Crippen LogP contribution in [-0.4, -0.2) is 15.2 Å². The summed E-state index contributed by atoms with van der Waals surface area (Å²) in [5.74, 6) is 0.490. The molecule has 0 aliphatic heterocycles. The fraction of sp³-hybridized carbons (Fsp3) is 0.154. The number of nitrogens with zero attached hydrogens (tertiary/aromatic N) is 1. The Balaban J connectivity index is 2.36. The number of H-pyrrole nitrogens is 2. The lowest BCUT2D eigenvalue weighted by atomic mass is 10.1. The van der Waals surface area contributed by atoms with Gasteiger partial charge in [-0.2, -0.15) is 5.10 Å². The number of nitrogens with two attached hydrogens (primary N) is 1. The second kappa shape index (κ2) is 3.78. The monoisotopic (exact) mass is 260 g/mol. The van der Waals surface area contributed by atoms with Gasteiger partial charge in [0.25, 0.3) is 0 Å². The van der Waals surface area contributed by atoms with Crippen molar-refractivity contribution in [1.29, 1.82) is 0 Å². The Morgan fingerprint density at radius 3 is 2.72 bits per heavy atom. The Bertz CT molecular complexity index is 739. The van der Waals surface area contributed by atoms with Gasteiger partial charge in [0.2, 0.25) is 0 Å². The Kier molecular flexibility index (Phi) is 2.35. The van der Waals surface area contributed by atoms with E-state index >= 15 is 0 Å². The standard InChI is InChI=1S/C13H13ClN4/c1-6-9(14)4-3-8-12(7(2)16-13(6)8)10-5-11(15)18-17-10/h3-5,16H,1-2H3,(H3,15,17,18). The summed E-state index contributed by atoms with van der Waals surface area (Å²) in [5, 5.41) is 8.81. The molecule has 4 N–H and O–H groups in total. The predicted octanol–water partition coefficient (Wildman–Crippen LogP) is 3.41. The van der Waals surface area contributed by atoms with E-state index in [0.717, 1.165) is 38.4 Å². The molecule has 3 rings (SSSR count). The van der Waals surface area contributed by atoms with Crippen molar-refractivity contribution >= 4 is 28.3 Å². The number of anilines is 1. The lowest BCUT2D eigenvalue weighted by Crippen LogP contribution is -1.81. The van der Waals surface area contributed by atoms with Gasteiger partial charge in [-0.3, -0.25) is 5.10 Å². The third-order valence-electron chi connectivity index (χ3n) is 3.22. The van der Waals surface area contributed by atoms with Gasteiger partial charge in [0.05, 0.1) is 11.2 Å². The summed E-state index contributed by atoms with van der Waals surface area (Å²) in [6.45, 7) is 4.03. The molecule has 0 radical (unpaired) electrons. The third-order valence-corrected chi connectivity index (χ3v) is 3.63. The molecule has 3 aromatic rings. The molecule has 4 nitrogen and oxygen atoms in total. The zero-order valence-corrected chi connectivity index (χ0v) is 10.9. The summed E-state index contributed by atoms with van der Waals surface area (Å²) in [4.78, 5) is 3.37. The molecular formula is C13H13ClN4. The van der Waals surface area contributed by atoms with E-state index in [1.165, 1.54) is 0 Å². The SMILES string of the molecule is Cc1[nH]c2c(C)c(Cl)ccc2c1-c1cc(N)n[nH]1. The van der Waals surface area contributed by atoms with Gasteiger partial charge in [-0.15, -0.1) is 0 Å². The number of aryl methyl sites for hydroxylation is 2. The average molecular weight is 261 g/mol. The van der Waals surface area contributed by atoms with Crippen molar-refractivity contribution in [2.24, 2.45) is 0 Å². The van der Waals surface area contributed by atoms with E-state index in [9.17, 15) is 0 Å². The number of hydrogen-bond acceptors (Lipinski definition) is 2. The highest BCUT2D eigenvalue weighted by atomic mass is 35.5. The molecular weight excluding hydrogens is 248 g/mol. The predicted molar refractivity (Wildman–Crippen MR) is 74.8 cm³/mol. The zero-order valence-electron chi connectivity index (χ0n) is 10.1. The number of nitrogen functional groups attached to an aromatic ring is 1. The quantitative estimate of drug-likeness (QED) is 0.627. The van der Waals surface area contributed by atoms with Crippen LogP contribution in [0.1, 0.15) is 11.3 Å². The minimum Gasteiger partial charge on any atom is -0.382 e. The average Bonchev–Trinajstić information content (AvgIpc) is 2.87. The normalized spacial score (nSPS) is 11.3. The van der Waals surface area contributed by atoms with Gasteiger partial charge in [-0.1, -0.05) is 17.7 Å². The zero-order chi connectivity index (χ0) is 12.9. The summed E-state index contributed by atoms with van der Waals surface area (Å²) in [5.41, 5.74) is 10.8. The van der Waals surface area contributed by atoms with Crippen LogP contribution >= 0.6 is 11.6 Å². The first-order chi connectivity index (χ1) is 8.58. The van der Waals surface area contributed by atoms with Crippen LogP contribution in [0.5, 0.6) is 0 Å². The topological polar surface area (TPSA) is 70.5 Å². The molecule has 0 aliphatic rings. The Labute approximate surface area is 109 Å². The smallest absolute Gasteiger partial charge is 0.145 e. The molecule has 5 heteroatoms. The maximum Gasteiger partial charge on any atom is 0.145 e. The molecule has 0 fully saturated rings. The molecule has 18 heavy (non-hydrogen) atoms. The molecule has 0 saturated heterocycles. The van der Waals surface area contributed by atoms with Crippen molar-refractivity contribution in [3.63, 3.8) is 0 Å². The number of benzene rings is 1. The van der Waals surface area contributed by atoms with Crippen LogP contribution in [0.25, 0.3) is 22.2 Å². The van der Waals surface area contributed by atoms with Crippen LogP contribution in [0.3, 0.4) is 0 Å². The first-order valence-corrected chi connectivity index (χ1v) is 6.04. The van der Waals surface area contributed by atoms with Crippen LogP contribution in [-0.2, 0) is 0 Å². The van der Waals surface area contributed by atoms with Gasteiger partial charge in [-0.25, -0.2) is 0 Å². The molecule has 92 valence electrons. The summed E-state index contributed by atoms with van der Waals surface area (Å²) in [6, 6.07) is 5.76. The molecule has 2 heterocycles. The highest BCUT2D eigenvalue weighted by Gasteiger charge is 2.14. The number of aromatic amines is 2. The summed E-state index contributed by atoms with van der Waals surface area (Å²) < 4.78 is 0. The van der Waals surface area contributed by atoms with E-state index < -0.39 is 0 Å². The fourth-order valence-electron chi connectivity index (χ4n) is 2.32. The van der Waals surface area contributed by atoms with Crippen molar-refractivity contribution in [1.82, 2.24) is 15.2 Å². The molecule has 2 aromatic heterocycles. The second-order valence-electron chi connectivity index (χ2n) is 4.43. The van der Waals surface area contributed by atoms with E-state index in [0.29, 0.717) is 5.82 Å². The van der Waals surface area contributed by atoms with Crippen LogP contribution in [0.15, 0.2) is 18.2 Å². The summed E-state index contributed by atoms with van der Waals surface area (Å²) >= 11 is 6.14. The van der Waals surface area contributed by atoms with Gasteiger partial charge in [0, 0.05) is 27.7 Å². The minimum atomic E-state index is 0.490. The van der Waals surface area contributed by atoms with E-state index in [1.807, 2.05) is 32.0 Å². The van der Waals surface area contributed by atoms with Gasteiger partial charge < -0.3 is 10.7 Å². The molecule has 0 bridgehead atoms. The van der Waals surface area contributed by atoms with Gasteiger partial charge in [0.15, 0.2) is 0 Å². The minimum absolute atomic E-state index is 0.490. The summed E-state index contributed by atoms with van der Waals surface area (Å²) in [6.07, 6.45) is 0. The molecule has 0 aliphatic carbocycles. The highest BCUT2D eigenvalue weighted by Crippen LogP contribution is 2.35. The van der Waals surface area contributed by atoms with Crippen LogP contribution < -0.4 is 5.73 Å². The molecule has 0 atom stereocenters. The van der Waals surface area contributed by atoms with Crippen LogP contribution in [0.2, 0.25) is 5.02 Å². The first kappa shape index (κ1) is 11.2. The largest absolute Gasteiger partial charge is 0.382 e. The van der Waals surface area contributed by atoms with E-state index in [-0.39, 0.29) is 0 Å². The third kappa shape index (κ3) is 1.49. The molecule has 0 saturated carbocycles. The van der Waals surface area contributed by atoms with Crippen molar-refractivity contribution in [2.45, 2.75) is 13.8 Å². The number of rotatable bonds is 1. The van der Waals surface area contributed by atoms with Crippen LogP contribution in [0.4, 0.5) is 5.82 Å². The van der Waals surface area contributed by atoms with E-state index in [2.05, 4.69) is 15.2 Å². The first-order valence-electron chi connectivity index (χ1n) is 5.66. The van der Waals surface area contributed by atoms with Crippen molar-refractivity contribution in [3.05, 3.63) is 34.5 Å². The van der Waals surface area contributed by atoms with E-state index in [1.54, 1.807) is 0 Å². The maximum absolute atomic E-state index is 6.14. The van der Waals surface area contributed by atoms with E-state index in [4.69, 9.17) is 17.3 Å². The van der Waals surface area contributed by atoms with Gasteiger partial charge >= 0.3 is 0 Å². The number of halogens is 1. The molecule has 0 spiro atoms. The summed E-state index contributed by atoms with van der Waals surface area (Å²) in [7, 11) is 0. The van der Waals surface area contributed by atoms with Crippen molar-refractivity contribution in [3.8, 4) is 11.3 Å². The van der Waals surface area contributed by atoms with Gasteiger partial charge in [-0.05, 0) is 25.5 Å². The Morgan fingerprint density at radius 1 is 1.28 bits per heavy atom. The van der Waals surface area contributed by atoms with Crippen molar-refractivity contribution in [2.75, 3.05) is 5.73 Å². The fourth-order valence-corrected chi connectivity index (χ4v) is 2.48. The highest BCUT2D eigenvalue weighted by molar-refractivity contribution is 6.32. The van der Waals surface area contributed by atoms with Gasteiger partial charge in [0.1, 0.15) is 5.82 Å². The maximum atomic E-state index is 6.14. The molecule has 1 aromatic carbocycles. The second-order valence-corrected chi connectivity index (χ2v) is 4.83. The lowest BCUT2D eigenvalue weighted by Gasteiger charge is -2.00. The van der Waals surface area contributed by atoms with Crippen LogP contribution in [0, 0.1) is 13.8 Å². The lowest BCUT2D eigenvalue weighted by molar-refractivity contribution is 1.10. The number of fused-ring (bicyclic) bond motifs is 1.